The summed E-state index contributed by atoms with van der Waals surface area (Å²) in [5, 5.41) is 37.4. The van der Waals surface area contributed by atoms with Crippen LogP contribution in [-0.4, -0.2) is 87.9 Å². The van der Waals surface area contributed by atoms with E-state index in [1.165, 1.54) is 90.4 Å². The van der Waals surface area contributed by atoms with Crippen LogP contribution < -0.4 is 10.6 Å². The molecule has 1 heterocycles. The van der Waals surface area contributed by atoms with Gasteiger partial charge < -0.3 is 40.3 Å². The lowest BCUT2D eigenvalue weighted by Gasteiger charge is -2.47. The molecule has 54 heavy (non-hydrogen) atoms. The van der Waals surface area contributed by atoms with Crippen LogP contribution in [0.4, 0.5) is 4.79 Å². The third-order valence-corrected chi connectivity index (χ3v) is 10.5. The molecular formula is C43H75N3O8. The normalized spacial score (nSPS) is 20.3. The molecule has 0 bridgehead atoms. The maximum atomic E-state index is 13.9. The zero-order valence-electron chi connectivity index (χ0n) is 33.9. The first-order chi connectivity index (χ1) is 26.2. The molecule has 0 aromatic heterocycles. The van der Waals surface area contributed by atoms with Crippen molar-refractivity contribution in [3.8, 4) is 0 Å². The van der Waals surface area contributed by atoms with Crippen LogP contribution in [0.1, 0.15) is 168 Å². The van der Waals surface area contributed by atoms with E-state index >= 15 is 0 Å². The first kappa shape index (κ1) is 47.4. The molecule has 11 nitrogen and oxygen atoms in total. The maximum Gasteiger partial charge on any atom is 0.408 e. The van der Waals surface area contributed by atoms with Crippen LogP contribution in [0.25, 0.3) is 0 Å². The van der Waals surface area contributed by atoms with E-state index in [0.29, 0.717) is 25.8 Å². The molecule has 3 amide bonds. The molecule has 1 saturated heterocycles. The molecule has 0 spiro atoms. The Morgan fingerprint density at radius 2 is 1.24 bits per heavy atom. The minimum absolute atomic E-state index is 0.0299. The van der Waals surface area contributed by atoms with Gasteiger partial charge in [0.1, 0.15) is 37.0 Å². The van der Waals surface area contributed by atoms with Gasteiger partial charge in [0.25, 0.3) is 0 Å². The second-order valence-corrected chi connectivity index (χ2v) is 15.2. The molecule has 1 aliphatic rings. The summed E-state index contributed by atoms with van der Waals surface area (Å²) in [6.45, 7) is 5.74. The number of carbonyl (C=O) groups is 3. The Kier molecular flexibility index (Phi) is 25.9. The molecule has 0 unspecified atom stereocenters. The molecule has 1 aromatic carbocycles. The second kappa shape index (κ2) is 29.5. The molecular weight excluding hydrogens is 686 g/mol. The van der Waals surface area contributed by atoms with E-state index in [-0.39, 0.29) is 12.5 Å². The van der Waals surface area contributed by atoms with E-state index in [0.717, 1.165) is 44.1 Å². The minimum atomic E-state index is -1.54. The summed E-state index contributed by atoms with van der Waals surface area (Å²) in [6, 6.07) is 6.90. The molecule has 1 aromatic rings. The third-order valence-electron chi connectivity index (χ3n) is 10.5. The van der Waals surface area contributed by atoms with Crippen molar-refractivity contribution in [3.63, 3.8) is 0 Å². The summed E-state index contributed by atoms with van der Waals surface area (Å²) in [6.07, 6.45) is 18.3. The molecule has 2 rings (SSSR count). The average molecular weight is 762 g/mol. The number of unbranched alkanes of at least 4 members (excludes halogenated alkanes) is 19. The fourth-order valence-corrected chi connectivity index (χ4v) is 7.06. The Labute approximate surface area is 326 Å². The Bertz CT molecular complexity index is 1130. The Morgan fingerprint density at radius 3 is 1.76 bits per heavy atom. The summed E-state index contributed by atoms with van der Waals surface area (Å²) >= 11 is 0. The summed E-state index contributed by atoms with van der Waals surface area (Å²) < 4.78 is 11.4. The van der Waals surface area contributed by atoms with Crippen molar-refractivity contribution >= 4 is 17.9 Å². The van der Waals surface area contributed by atoms with Gasteiger partial charge in [0.05, 0.1) is 6.61 Å². The number of aliphatic hydroxyl groups excluding tert-OH is 3. The van der Waals surface area contributed by atoms with E-state index in [1.807, 2.05) is 30.3 Å². The lowest BCUT2D eigenvalue weighted by atomic mass is 9.94. The lowest BCUT2D eigenvalue weighted by molar-refractivity contribution is -0.231. The minimum Gasteiger partial charge on any atom is -0.445 e. The number of benzene rings is 1. The number of ether oxygens (including phenoxy) is 2. The number of hydrogen-bond donors (Lipinski definition) is 5. The Morgan fingerprint density at radius 1 is 0.741 bits per heavy atom. The first-order valence-electron chi connectivity index (χ1n) is 21.4. The summed E-state index contributed by atoms with van der Waals surface area (Å²) in [5.41, 5.74) is 0.794. The first-order valence-corrected chi connectivity index (χ1v) is 21.4. The van der Waals surface area contributed by atoms with E-state index in [2.05, 4.69) is 24.5 Å². The van der Waals surface area contributed by atoms with Crippen molar-refractivity contribution in [1.29, 1.82) is 0 Å². The van der Waals surface area contributed by atoms with Gasteiger partial charge in [-0.05, 0) is 25.3 Å². The molecule has 1 fully saturated rings. The number of amides is 3. The predicted molar refractivity (Wildman–Crippen MR) is 214 cm³/mol. The molecule has 1 aliphatic heterocycles. The number of carbonyl (C=O) groups excluding carboxylic acids is 3. The summed E-state index contributed by atoms with van der Waals surface area (Å²) in [4.78, 5) is 41.4. The quantitative estimate of drug-likeness (QED) is 0.0500. The van der Waals surface area contributed by atoms with Crippen LogP contribution in [0.15, 0.2) is 30.3 Å². The van der Waals surface area contributed by atoms with Crippen LogP contribution in [0.5, 0.6) is 0 Å². The van der Waals surface area contributed by atoms with Gasteiger partial charge in [-0.15, -0.1) is 0 Å². The predicted octanol–water partition coefficient (Wildman–Crippen LogP) is 7.68. The van der Waals surface area contributed by atoms with E-state index in [4.69, 9.17) is 9.47 Å². The molecule has 0 radical (unpaired) electrons. The van der Waals surface area contributed by atoms with Crippen molar-refractivity contribution in [1.82, 2.24) is 15.5 Å². The van der Waals surface area contributed by atoms with Gasteiger partial charge in [-0.1, -0.05) is 166 Å². The monoisotopic (exact) mass is 762 g/mol. The van der Waals surface area contributed by atoms with Gasteiger partial charge in [-0.2, -0.15) is 0 Å². The van der Waals surface area contributed by atoms with E-state index in [9.17, 15) is 29.7 Å². The van der Waals surface area contributed by atoms with Crippen molar-refractivity contribution in [2.45, 2.75) is 205 Å². The Balaban J connectivity index is 2.04. The van der Waals surface area contributed by atoms with Gasteiger partial charge in [-0.25, -0.2) is 4.79 Å². The fourth-order valence-electron chi connectivity index (χ4n) is 7.06. The molecule has 310 valence electrons. The lowest BCUT2D eigenvalue weighted by Crippen LogP contribution is -2.69. The van der Waals surface area contributed by atoms with Crippen LogP contribution in [0.3, 0.4) is 0 Å². The molecule has 5 N–H and O–H groups in total. The fraction of sp³-hybridized carbons (Fsp3) is 0.791. The zero-order chi connectivity index (χ0) is 39.4. The highest BCUT2D eigenvalue weighted by Crippen LogP contribution is 2.26. The highest BCUT2D eigenvalue weighted by Gasteiger charge is 2.48. The molecule has 6 atom stereocenters. The summed E-state index contributed by atoms with van der Waals surface area (Å²) in [7, 11) is 0. The van der Waals surface area contributed by atoms with Crippen molar-refractivity contribution in [2.24, 2.45) is 0 Å². The number of alkyl carbamates (subject to hydrolysis) is 1. The van der Waals surface area contributed by atoms with Crippen molar-refractivity contribution in [3.05, 3.63) is 35.9 Å². The standard InChI is InChI=1S/C43H75N3O8/c1-4-6-8-10-12-14-15-16-18-20-22-27-31-46(37(48)30-26-21-19-17-13-11-9-7-5-2)42-38(40(50)39(49)36(32-47)54-42)45-41(51)34(3)44-43(52)53-33-35-28-24-23-25-29-35/h23-25,28-29,34,36,38-40,42,47,49-50H,4-22,26-27,30-33H2,1-3H3,(H,44,52)(H,45,51)/t34-,36+,38+,39+,40+,42+/m0/s1. The van der Waals surface area contributed by atoms with Gasteiger partial charge in [0, 0.05) is 13.0 Å². The van der Waals surface area contributed by atoms with Gasteiger partial charge in [-0.3, -0.25) is 9.59 Å². The second-order valence-electron chi connectivity index (χ2n) is 15.2. The number of rotatable bonds is 30. The van der Waals surface area contributed by atoms with Crippen LogP contribution >= 0.6 is 0 Å². The van der Waals surface area contributed by atoms with Crippen LogP contribution in [0.2, 0.25) is 0 Å². The Hall–Kier alpha value is -2.73. The van der Waals surface area contributed by atoms with Crippen molar-refractivity contribution in [2.75, 3.05) is 13.2 Å². The SMILES string of the molecule is CCCCCCCCCCCCCCN(C(=O)CCCCCCCCCCC)[C@@H]1O[C@H](CO)[C@@H](O)[C@H](O)[C@H]1NC(=O)[C@H](C)NC(=O)OCc1ccccc1. The van der Waals surface area contributed by atoms with Gasteiger partial charge in [0.15, 0.2) is 6.23 Å². The average Bonchev–Trinajstić information content (AvgIpc) is 3.17. The van der Waals surface area contributed by atoms with Crippen LogP contribution in [0, 0.1) is 0 Å². The number of nitrogens with zero attached hydrogens (tertiary/aromatic N) is 1. The largest absolute Gasteiger partial charge is 0.445 e. The van der Waals surface area contributed by atoms with Crippen LogP contribution in [-0.2, 0) is 25.7 Å². The molecule has 0 aliphatic carbocycles. The summed E-state index contributed by atoms with van der Waals surface area (Å²) in [5.74, 6) is -0.795. The molecule has 11 heteroatoms. The highest BCUT2D eigenvalue weighted by molar-refractivity contribution is 5.85. The zero-order valence-corrected chi connectivity index (χ0v) is 33.9. The van der Waals surface area contributed by atoms with Gasteiger partial charge in [0.2, 0.25) is 11.8 Å². The van der Waals surface area contributed by atoms with Gasteiger partial charge >= 0.3 is 6.09 Å². The third kappa shape index (κ3) is 19.2. The van der Waals surface area contributed by atoms with Crippen molar-refractivity contribution < 1.29 is 39.2 Å². The van der Waals surface area contributed by atoms with E-state index < -0.39 is 55.2 Å². The molecule has 0 saturated carbocycles. The number of nitrogens with one attached hydrogen (secondary N) is 2. The number of aliphatic hydroxyl groups is 3. The smallest absolute Gasteiger partial charge is 0.408 e. The van der Waals surface area contributed by atoms with E-state index in [1.54, 1.807) is 4.90 Å². The maximum absolute atomic E-state index is 13.9. The number of hydrogen-bond acceptors (Lipinski definition) is 8. The highest BCUT2D eigenvalue weighted by atomic mass is 16.6. The topological polar surface area (TPSA) is 158 Å².